The Morgan fingerprint density at radius 3 is 2.16 bits per heavy atom. The Balaban J connectivity index is 1.61. The molecule has 4 heteroatoms. The van der Waals surface area contributed by atoms with E-state index in [1.807, 2.05) is 6.08 Å². The Hall–Kier alpha value is -2.20. The molecule has 0 amide bonds. The van der Waals surface area contributed by atoms with E-state index in [2.05, 4.69) is 47.7 Å². The number of rotatable bonds is 19. The SMILES string of the molecule is C=CCCCCCCCCOc1cnc(-c2ccc(CCCCCOCCC)cc2)nc1. The maximum atomic E-state index is 5.80. The maximum absolute atomic E-state index is 5.80. The molecule has 0 radical (unpaired) electrons. The Labute approximate surface area is 195 Å². The highest BCUT2D eigenvalue weighted by atomic mass is 16.5. The Morgan fingerprint density at radius 2 is 1.44 bits per heavy atom. The van der Waals surface area contributed by atoms with Gasteiger partial charge < -0.3 is 9.47 Å². The summed E-state index contributed by atoms with van der Waals surface area (Å²) in [4.78, 5) is 8.98. The lowest BCUT2D eigenvalue weighted by molar-refractivity contribution is 0.130. The third-order valence-corrected chi connectivity index (χ3v) is 5.51. The second kappa shape index (κ2) is 17.4. The fraction of sp³-hybridized carbons (Fsp3) is 0.571. The summed E-state index contributed by atoms with van der Waals surface area (Å²) < 4.78 is 11.3. The summed E-state index contributed by atoms with van der Waals surface area (Å²) in [7, 11) is 0. The number of hydrogen-bond donors (Lipinski definition) is 0. The zero-order valence-electron chi connectivity index (χ0n) is 20.1. The molecular weight excluding hydrogens is 396 g/mol. The van der Waals surface area contributed by atoms with E-state index in [0.29, 0.717) is 0 Å². The summed E-state index contributed by atoms with van der Waals surface area (Å²) >= 11 is 0. The predicted molar refractivity (Wildman–Crippen MR) is 134 cm³/mol. The number of nitrogens with zero attached hydrogens (tertiary/aromatic N) is 2. The van der Waals surface area contributed by atoms with Crippen molar-refractivity contribution in [2.24, 2.45) is 0 Å². The third-order valence-electron chi connectivity index (χ3n) is 5.51. The van der Waals surface area contributed by atoms with Gasteiger partial charge in [-0.2, -0.15) is 0 Å². The first-order valence-corrected chi connectivity index (χ1v) is 12.6. The van der Waals surface area contributed by atoms with Crippen LogP contribution in [0.2, 0.25) is 0 Å². The van der Waals surface area contributed by atoms with E-state index in [9.17, 15) is 0 Å². The molecule has 0 bridgehead atoms. The van der Waals surface area contributed by atoms with Gasteiger partial charge in [0.2, 0.25) is 0 Å². The Morgan fingerprint density at radius 1 is 0.781 bits per heavy atom. The lowest BCUT2D eigenvalue weighted by Gasteiger charge is -2.07. The molecule has 2 aromatic rings. The van der Waals surface area contributed by atoms with Gasteiger partial charge in [-0.25, -0.2) is 9.97 Å². The molecule has 2 rings (SSSR count). The molecule has 1 aromatic carbocycles. The molecule has 1 heterocycles. The smallest absolute Gasteiger partial charge is 0.159 e. The fourth-order valence-electron chi connectivity index (χ4n) is 3.60. The number of aromatic nitrogens is 2. The van der Waals surface area contributed by atoms with Crippen molar-refractivity contribution in [2.45, 2.75) is 84.0 Å². The molecule has 0 saturated heterocycles. The van der Waals surface area contributed by atoms with Crippen LogP contribution in [0.5, 0.6) is 5.75 Å². The summed E-state index contributed by atoms with van der Waals surface area (Å²) in [6, 6.07) is 8.61. The molecule has 1 aromatic heterocycles. The van der Waals surface area contributed by atoms with Gasteiger partial charge in [0.15, 0.2) is 11.6 Å². The van der Waals surface area contributed by atoms with Crippen LogP contribution in [0, 0.1) is 0 Å². The van der Waals surface area contributed by atoms with Crippen LogP contribution in [-0.4, -0.2) is 29.8 Å². The summed E-state index contributed by atoms with van der Waals surface area (Å²) in [5.41, 5.74) is 2.41. The molecule has 0 aliphatic rings. The van der Waals surface area contributed by atoms with Gasteiger partial charge in [0, 0.05) is 18.8 Å². The van der Waals surface area contributed by atoms with Crippen LogP contribution in [0.3, 0.4) is 0 Å². The Kier molecular flexibility index (Phi) is 14.1. The van der Waals surface area contributed by atoms with E-state index in [1.54, 1.807) is 12.4 Å². The number of ether oxygens (including phenoxy) is 2. The van der Waals surface area contributed by atoms with Gasteiger partial charge in [-0.3, -0.25) is 0 Å². The fourth-order valence-corrected chi connectivity index (χ4v) is 3.60. The number of hydrogen-bond acceptors (Lipinski definition) is 4. The average molecular weight is 439 g/mol. The molecule has 176 valence electrons. The minimum Gasteiger partial charge on any atom is -0.490 e. The zero-order valence-corrected chi connectivity index (χ0v) is 20.1. The second-order valence-electron chi connectivity index (χ2n) is 8.41. The first-order chi connectivity index (χ1) is 15.8. The van der Waals surface area contributed by atoms with E-state index in [1.165, 1.54) is 50.5 Å². The van der Waals surface area contributed by atoms with Gasteiger partial charge in [-0.1, -0.05) is 69.4 Å². The first kappa shape index (κ1) is 26.1. The van der Waals surface area contributed by atoms with Gasteiger partial charge in [0.25, 0.3) is 0 Å². The van der Waals surface area contributed by atoms with Crippen molar-refractivity contribution in [1.29, 1.82) is 0 Å². The summed E-state index contributed by atoms with van der Waals surface area (Å²) in [6.07, 6.45) is 19.9. The van der Waals surface area contributed by atoms with Crippen molar-refractivity contribution >= 4 is 0 Å². The van der Waals surface area contributed by atoms with Gasteiger partial charge in [-0.05, 0) is 50.5 Å². The minimum atomic E-state index is 0.731. The van der Waals surface area contributed by atoms with Gasteiger partial charge in [-0.15, -0.1) is 6.58 Å². The van der Waals surface area contributed by atoms with Crippen molar-refractivity contribution in [3.63, 3.8) is 0 Å². The van der Waals surface area contributed by atoms with Gasteiger partial charge in [0.05, 0.1) is 19.0 Å². The van der Waals surface area contributed by atoms with Crippen LogP contribution >= 0.6 is 0 Å². The Bertz CT molecular complexity index is 713. The summed E-state index contributed by atoms with van der Waals surface area (Å²) in [5.74, 6) is 1.50. The standard InChI is InChI=1S/C28H42N2O2/c1-3-5-6-7-8-9-10-14-22-32-27-23-29-28(30-24-27)26-18-16-25(17-19-26)15-12-11-13-21-31-20-4-2/h3,16-19,23-24H,1,4-15,20-22H2,2H3. The van der Waals surface area contributed by atoms with Crippen LogP contribution in [-0.2, 0) is 11.2 Å². The lowest BCUT2D eigenvalue weighted by atomic mass is 10.0. The van der Waals surface area contributed by atoms with Crippen LogP contribution in [0.1, 0.15) is 83.1 Å². The van der Waals surface area contributed by atoms with Crippen molar-refractivity contribution in [2.75, 3.05) is 19.8 Å². The molecule has 0 unspecified atom stereocenters. The number of allylic oxidation sites excluding steroid dienone is 1. The first-order valence-electron chi connectivity index (χ1n) is 12.6. The van der Waals surface area contributed by atoms with Gasteiger partial charge in [0.1, 0.15) is 0 Å². The normalized spacial score (nSPS) is 10.9. The van der Waals surface area contributed by atoms with E-state index < -0.39 is 0 Å². The topological polar surface area (TPSA) is 44.2 Å². The zero-order chi connectivity index (χ0) is 22.7. The average Bonchev–Trinajstić information content (AvgIpc) is 2.83. The molecular formula is C28H42N2O2. The van der Waals surface area contributed by atoms with E-state index in [0.717, 1.165) is 69.1 Å². The minimum absolute atomic E-state index is 0.731. The van der Waals surface area contributed by atoms with Crippen LogP contribution in [0.25, 0.3) is 11.4 Å². The summed E-state index contributed by atoms with van der Waals surface area (Å²) in [5, 5.41) is 0. The molecule has 0 saturated carbocycles. The van der Waals surface area contributed by atoms with Crippen molar-refractivity contribution in [3.8, 4) is 17.1 Å². The number of aryl methyl sites for hydroxylation is 1. The van der Waals surface area contributed by atoms with Crippen LogP contribution in [0.15, 0.2) is 49.3 Å². The van der Waals surface area contributed by atoms with Gasteiger partial charge >= 0.3 is 0 Å². The molecule has 4 nitrogen and oxygen atoms in total. The molecule has 32 heavy (non-hydrogen) atoms. The molecule has 0 fully saturated rings. The molecule has 0 aliphatic carbocycles. The van der Waals surface area contributed by atoms with E-state index >= 15 is 0 Å². The quantitative estimate of drug-likeness (QED) is 0.167. The predicted octanol–water partition coefficient (Wildman–Crippen LogP) is 7.58. The molecule has 0 atom stereocenters. The monoisotopic (exact) mass is 438 g/mol. The number of unbranched alkanes of at least 4 members (excludes halogenated alkanes) is 8. The van der Waals surface area contributed by atoms with E-state index in [4.69, 9.17) is 9.47 Å². The van der Waals surface area contributed by atoms with E-state index in [-0.39, 0.29) is 0 Å². The highest BCUT2D eigenvalue weighted by Crippen LogP contribution is 2.18. The highest BCUT2D eigenvalue weighted by Gasteiger charge is 2.03. The second-order valence-corrected chi connectivity index (χ2v) is 8.41. The molecule has 0 N–H and O–H groups in total. The largest absolute Gasteiger partial charge is 0.490 e. The number of benzene rings is 1. The molecule has 0 aliphatic heterocycles. The van der Waals surface area contributed by atoms with Crippen molar-refractivity contribution in [1.82, 2.24) is 9.97 Å². The highest BCUT2D eigenvalue weighted by molar-refractivity contribution is 5.55. The lowest BCUT2D eigenvalue weighted by Crippen LogP contribution is -1.99. The van der Waals surface area contributed by atoms with Crippen molar-refractivity contribution < 1.29 is 9.47 Å². The van der Waals surface area contributed by atoms with Crippen LogP contribution < -0.4 is 4.74 Å². The van der Waals surface area contributed by atoms with Crippen molar-refractivity contribution in [3.05, 3.63) is 54.9 Å². The maximum Gasteiger partial charge on any atom is 0.159 e. The summed E-state index contributed by atoms with van der Waals surface area (Å²) in [6.45, 7) is 8.41. The molecule has 0 spiro atoms. The third kappa shape index (κ3) is 11.4. The van der Waals surface area contributed by atoms with Crippen LogP contribution in [0.4, 0.5) is 0 Å².